The molecule has 0 unspecified atom stereocenters. The second kappa shape index (κ2) is 7.91. The highest BCUT2D eigenvalue weighted by molar-refractivity contribution is 8.00. The fourth-order valence-electron chi connectivity index (χ4n) is 2.08. The van der Waals surface area contributed by atoms with Crippen molar-refractivity contribution in [1.29, 1.82) is 0 Å². The normalized spacial score (nSPS) is 11.8. The lowest BCUT2D eigenvalue weighted by Crippen LogP contribution is -2.14. The minimum absolute atomic E-state index is 0.369. The van der Waals surface area contributed by atoms with E-state index in [0.717, 1.165) is 11.8 Å². The molecule has 0 bridgehead atoms. The molecule has 1 aromatic carbocycles. The van der Waals surface area contributed by atoms with Crippen LogP contribution in [0.25, 0.3) is 11.4 Å². The van der Waals surface area contributed by atoms with Crippen molar-refractivity contribution in [3.63, 3.8) is 0 Å². The van der Waals surface area contributed by atoms with E-state index in [4.69, 9.17) is 19.3 Å². The first kappa shape index (κ1) is 17.9. The number of carbonyl (C=O) groups is 1. The molecule has 130 valence electrons. The lowest BCUT2D eigenvalue weighted by atomic mass is 10.1. The largest absolute Gasteiger partial charge is 0.493 e. The number of nitrogens with one attached hydrogen (secondary N) is 1. The second-order valence-electron chi connectivity index (χ2n) is 4.73. The minimum atomic E-state index is -0.887. The molecule has 1 atom stereocenters. The molecule has 0 spiro atoms. The summed E-state index contributed by atoms with van der Waals surface area (Å²) in [4.78, 5) is 15.5. The quantitative estimate of drug-likeness (QED) is 0.697. The Morgan fingerprint density at radius 1 is 1.25 bits per heavy atom. The third-order valence-electron chi connectivity index (χ3n) is 3.30. The van der Waals surface area contributed by atoms with Crippen molar-refractivity contribution in [3.8, 4) is 28.6 Å². The molecule has 2 N–H and O–H groups in total. The number of rotatable bonds is 8. The molecule has 8 nitrogen and oxygen atoms in total. The number of aromatic nitrogens is 3. The number of carboxylic acid groups (broad SMARTS) is 1. The molecule has 0 amide bonds. The number of benzene rings is 1. The van der Waals surface area contributed by atoms with Crippen LogP contribution in [0.3, 0.4) is 0 Å². The number of H-pyrrole nitrogens is 1. The molecule has 9 heteroatoms. The Bertz CT molecular complexity index is 694. The van der Waals surface area contributed by atoms with E-state index in [-0.39, 0.29) is 0 Å². The van der Waals surface area contributed by atoms with Gasteiger partial charge >= 0.3 is 5.97 Å². The van der Waals surface area contributed by atoms with Gasteiger partial charge in [0, 0.05) is 5.56 Å². The van der Waals surface area contributed by atoms with Crippen molar-refractivity contribution in [2.24, 2.45) is 0 Å². The van der Waals surface area contributed by atoms with E-state index in [1.807, 2.05) is 0 Å². The molecule has 1 aromatic heterocycles. The first-order valence-corrected chi connectivity index (χ1v) is 8.04. The summed E-state index contributed by atoms with van der Waals surface area (Å²) < 4.78 is 15.9. The maximum atomic E-state index is 11.1. The maximum Gasteiger partial charge on any atom is 0.317 e. The van der Waals surface area contributed by atoms with Gasteiger partial charge in [-0.25, -0.2) is 4.98 Å². The Labute approximate surface area is 143 Å². The van der Waals surface area contributed by atoms with Gasteiger partial charge in [0.2, 0.25) is 10.9 Å². The predicted octanol–water partition coefficient (Wildman–Crippen LogP) is 2.45. The van der Waals surface area contributed by atoms with Gasteiger partial charge in [0.1, 0.15) is 5.25 Å². The third-order valence-corrected chi connectivity index (χ3v) is 4.51. The van der Waals surface area contributed by atoms with Crippen molar-refractivity contribution in [3.05, 3.63) is 12.1 Å². The van der Waals surface area contributed by atoms with Crippen LogP contribution in [0, 0.1) is 0 Å². The molecule has 0 aliphatic carbocycles. The molecule has 0 fully saturated rings. The number of carboxylic acids is 1. The Hall–Kier alpha value is -2.42. The van der Waals surface area contributed by atoms with Gasteiger partial charge < -0.3 is 19.3 Å². The summed E-state index contributed by atoms with van der Waals surface area (Å²) in [6.45, 7) is 1.80. The van der Waals surface area contributed by atoms with E-state index in [2.05, 4.69) is 15.2 Å². The van der Waals surface area contributed by atoms with Gasteiger partial charge in [0.15, 0.2) is 17.3 Å². The first-order chi connectivity index (χ1) is 11.5. The number of methoxy groups -OCH3 is 3. The second-order valence-corrected chi connectivity index (χ2v) is 5.90. The van der Waals surface area contributed by atoms with Gasteiger partial charge in [-0.2, -0.15) is 0 Å². The van der Waals surface area contributed by atoms with Crippen LogP contribution in [0.4, 0.5) is 0 Å². The average Bonchev–Trinajstić information content (AvgIpc) is 3.06. The van der Waals surface area contributed by atoms with E-state index >= 15 is 0 Å². The first-order valence-electron chi connectivity index (χ1n) is 7.16. The molecular formula is C15H19N3O5S. The Morgan fingerprint density at radius 2 is 1.88 bits per heavy atom. The summed E-state index contributed by atoms with van der Waals surface area (Å²) in [5, 5.41) is 15.8. The Kier molecular flexibility index (Phi) is 5.91. The van der Waals surface area contributed by atoms with Crippen LogP contribution in [0.1, 0.15) is 13.3 Å². The summed E-state index contributed by atoms with van der Waals surface area (Å²) in [5.41, 5.74) is 0.687. The van der Waals surface area contributed by atoms with Crippen LogP contribution < -0.4 is 14.2 Å². The van der Waals surface area contributed by atoms with Gasteiger partial charge in [-0.1, -0.05) is 18.7 Å². The number of nitrogens with zero attached hydrogens (tertiary/aromatic N) is 2. The number of hydrogen-bond acceptors (Lipinski definition) is 7. The summed E-state index contributed by atoms with van der Waals surface area (Å²) in [6, 6.07) is 3.48. The molecule has 2 rings (SSSR count). The summed E-state index contributed by atoms with van der Waals surface area (Å²) in [7, 11) is 4.59. The van der Waals surface area contributed by atoms with Crippen molar-refractivity contribution >= 4 is 17.7 Å². The van der Waals surface area contributed by atoms with E-state index in [1.165, 1.54) is 21.3 Å². The van der Waals surface area contributed by atoms with Crippen molar-refractivity contribution in [1.82, 2.24) is 15.2 Å². The molecule has 0 radical (unpaired) electrons. The van der Waals surface area contributed by atoms with E-state index in [1.54, 1.807) is 19.1 Å². The maximum absolute atomic E-state index is 11.1. The third kappa shape index (κ3) is 3.73. The highest BCUT2D eigenvalue weighted by Gasteiger charge is 2.20. The molecule has 2 aromatic rings. The molecule has 0 aliphatic heterocycles. The monoisotopic (exact) mass is 353 g/mol. The molecular weight excluding hydrogens is 334 g/mol. The number of aromatic amines is 1. The Balaban J connectivity index is 2.34. The molecule has 0 saturated heterocycles. The lowest BCUT2D eigenvalue weighted by molar-refractivity contribution is -0.136. The summed E-state index contributed by atoms with van der Waals surface area (Å²) >= 11 is 1.10. The number of aliphatic carboxylic acids is 1. The zero-order chi connectivity index (χ0) is 17.7. The standard InChI is InChI=1S/C15H19N3O5S/c1-5-11(14(19)20)24-15-16-13(17-18-15)8-6-9(21-2)12(23-4)10(7-8)22-3/h6-7,11H,5H2,1-4H3,(H,19,20)(H,16,17,18)/t11-/m0/s1. The van der Waals surface area contributed by atoms with E-state index in [0.29, 0.717) is 40.2 Å². The molecule has 24 heavy (non-hydrogen) atoms. The van der Waals surface area contributed by atoms with Gasteiger partial charge in [0.05, 0.1) is 21.3 Å². The van der Waals surface area contributed by atoms with Crippen LogP contribution in [0.2, 0.25) is 0 Å². The van der Waals surface area contributed by atoms with Crippen molar-refractivity contribution < 1.29 is 24.1 Å². The number of ether oxygens (including phenoxy) is 3. The molecule has 0 saturated carbocycles. The van der Waals surface area contributed by atoms with Crippen LogP contribution in [0.15, 0.2) is 17.3 Å². The topological polar surface area (TPSA) is 107 Å². The smallest absolute Gasteiger partial charge is 0.317 e. The van der Waals surface area contributed by atoms with Crippen molar-refractivity contribution in [2.75, 3.05) is 21.3 Å². The summed E-state index contributed by atoms with van der Waals surface area (Å²) in [5.74, 6) is 1.07. The highest BCUT2D eigenvalue weighted by atomic mass is 32.2. The highest BCUT2D eigenvalue weighted by Crippen LogP contribution is 2.40. The SMILES string of the molecule is CC[C@H](Sc1n[nH]c(-c2cc(OC)c(OC)c(OC)c2)n1)C(=O)O. The van der Waals surface area contributed by atoms with Gasteiger partial charge in [-0.15, -0.1) is 5.10 Å². The van der Waals surface area contributed by atoms with Gasteiger partial charge in [-0.3, -0.25) is 9.89 Å². The van der Waals surface area contributed by atoms with Gasteiger partial charge in [0.25, 0.3) is 0 Å². The zero-order valence-corrected chi connectivity index (χ0v) is 14.6. The number of hydrogen-bond donors (Lipinski definition) is 2. The fraction of sp³-hybridized carbons (Fsp3) is 0.400. The summed E-state index contributed by atoms with van der Waals surface area (Å²) in [6.07, 6.45) is 0.480. The van der Waals surface area contributed by atoms with Gasteiger partial charge in [-0.05, 0) is 18.6 Å². The van der Waals surface area contributed by atoms with E-state index < -0.39 is 11.2 Å². The van der Waals surface area contributed by atoms with Crippen molar-refractivity contribution in [2.45, 2.75) is 23.8 Å². The van der Waals surface area contributed by atoms with Crippen LogP contribution in [-0.2, 0) is 4.79 Å². The predicted molar refractivity (Wildman–Crippen MR) is 89.0 cm³/mol. The molecule has 0 aliphatic rings. The lowest BCUT2D eigenvalue weighted by Gasteiger charge is -2.13. The van der Waals surface area contributed by atoms with Crippen LogP contribution >= 0.6 is 11.8 Å². The van der Waals surface area contributed by atoms with Crippen LogP contribution in [0.5, 0.6) is 17.2 Å². The number of thioether (sulfide) groups is 1. The van der Waals surface area contributed by atoms with E-state index in [9.17, 15) is 4.79 Å². The van der Waals surface area contributed by atoms with Crippen LogP contribution in [-0.4, -0.2) is 52.8 Å². The zero-order valence-electron chi connectivity index (χ0n) is 13.8. The fourth-order valence-corrected chi connectivity index (χ4v) is 2.85. The molecule has 1 heterocycles. The minimum Gasteiger partial charge on any atom is -0.493 e. The average molecular weight is 353 g/mol. The Morgan fingerprint density at radius 3 is 2.33 bits per heavy atom.